The maximum absolute atomic E-state index is 11.8. The standard InChI is InChI=1S/C14H19N3O3/c18-13(19)11-3-1-2-4-12(11)17-14(20)16-9-10-5-7-15-8-6-10/h5-8,11-12H,1-4,9H2,(H,18,19)(H2,16,17,20). The van der Waals surface area contributed by atoms with Gasteiger partial charge in [-0.2, -0.15) is 0 Å². The smallest absolute Gasteiger partial charge is 0.315 e. The summed E-state index contributed by atoms with van der Waals surface area (Å²) in [5, 5.41) is 14.7. The minimum absolute atomic E-state index is 0.279. The van der Waals surface area contributed by atoms with Gasteiger partial charge in [-0.25, -0.2) is 4.79 Å². The third-order valence-electron chi connectivity index (χ3n) is 3.60. The highest BCUT2D eigenvalue weighted by molar-refractivity contribution is 5.76. The van der Waals surface area contributed by atoms with Gasteiger partial charge < -0.3 is 15.7 Å². The molecule has 0 spiro atoms. The zero-order valence-electron chi connectivity index (χ0n) is 11.2. The molecule has 6 heteroatoms. The number of aromatic nitrogens is 1. The fourth-order valence-electron chi connectivity index (χ4n) is 2.50. The molecular formula is C14H19N3O3. The van der Waals surface area contributed by atoms with Crippen LogP contribution in [0.5, 0.6) is 0 Å². The van der Waals surface area contributed by atoms with Gasteiger partial charge in [0.1, 0.15) is 0 Å². The second-order valence-electron chi connectivity index (χ2n) is 5.02. The summed E-state index contributed by atoms with van der Waals surface area (Å²) >= 11 is 0. The summed E-state index contributed by atoms with van der Waals surface area (Å²) < 4.78 is 0. The number of aliphatic carboxylic acids is 1. The number of carboxylic acids is 1. The van der Waals surface area contributed by atoms with Crippen LogP contribution >= 0.6 is 0 Å². The zero-order chi connectivity index (χ0) is 14.4. The molecule has 2 amide bonds. The molecule has 0 saturated heterocycles. The number of pyridine rings is 1. The highest BCUT2D eigenvalue weighted by Crippen LogP contribution is 2.24. The van der Waals surface area contributed by atoms with Crippen molar-refractivity contribution in [1.82, 2.24) is 15.6 Å². The Morgan fingerprint density at radius 1 is 1.25 bits per heavy atom. The number of nitrogens with one attached hydrogen (secondary N) is 2. The van der Waals surface area contributed by atoms with Crippen LogP contribution < -0.4 is 10.6 Å². The first-order valence-corrected chi connectivity index (χ1v) is 6.83. The van der Waals surface area contributed by atoms with Crippen molar-refractivity contribution in [3.8, 4) is 0 Å². The Labute approximate surface area is 117 Å². The first-order valence-electron chi connectivity index (χ1n) is 6.83. The normalized spacial score (nSPS) is 22.0. The van der Waals surface area contributed by atoms with Crippen molar-refractivity contribution in [2.24, 2.45) is 5.92 Å². The Morgan fingerprint density at radius 3 is 2.65 bits per heavy atom. The second kappa shape index (κ2) is 6.88. The fourth-order valence-corrected chi connectivity index (χ4v) is 2.50. The highest BCUT2D eigenvalue weighted by Gasteiger charge is 2.31. The van der Waals surface area contributed by atoms with Gasteiger partial charge >= 0.3 is 12.0 Å². The molecule has 1 aliphatic carbocycles. The minimum Gasteiger partial charge on any atom is -0.481 e. The maximum Gasteiger partial charge on any atom is 0.315 e. The van der Waals surface area contributed by atoms with Crippen molar-refractivity contribution in [3.05, 3.63) is 30.1 Å². The molecule has 0 bridgehead atoms. The van der Waals surface area contributed by atoms with E-state index >= 15 is 0 Å². The number of nitrogens with zero attached hydrogens (tertiary/aromatic N) is 1. The van der Waals surface area contributed by atoms with Crippen LogP contribution in [-0.4, -0.2) is 28.1 Å². The van der Waals surface area contributed by atoms with Crippen LogP contribution in [0.3, 0.4) is 0 Å². The zero-order valence-corrected chi connectivity index (χ0v) is 11.2. The molecule has 0 aliphatic heterocycles. The number of carboxylic acid groups (broad SMARTS) is 1. The number of amides is 2. The van der Waals surface area contributed by atoms with Gasteiger partial charge in [0.05, 0.1) is 5.92 Å². The Morgan fingerprint density at radius 2 is 1.95 bits per heavy atom. The van der Waals surface area contributed by atoms with Crippen molar-refractivity contribution in [2.45, 2.75) is 38.3 Å². The van der Waals surface area contributed by atoms with E-state index < -0.39 is 11.9 Å². The Balaban J connectivity index is 1.82. The number of carbonyl (C=O) groups is 2. The molecule has 0 aromatic carbocycles. The first-order chi connectivity index (χ1) is 9.66. The van der Waals surface area contributed by atoms with Gasteiger partial charge in [0, 0.05) is 25.0 Å². The van der Waals surface area contributed by atoms with Gasteiger partial charge in [0.15, 0.2) is 0 Å². The highest BCUT2D eigenvalue weighted by atomic mass is 16.4. The topological polar surface area (TPSA) is 91.3 Å². The SMILES string of the molecule is O=C(NCc1ccncc1)NC1CCCCC1C(=O)O. The van der Waals surface area contributed by atoms with Crippen LogP contribution in [0, 0.1) is 5.92 Å². The lowest BCUT2D eigenvalue weighted by Crippen LogP contribution is -2.48. The Kier molecular flexibility index (Phi) is 4.92. The molecule has 2 atom stereocenters. The van der Waals surface area contributed by atoms with Gasteiger partial charge in [-0.1, -0.05) is 12.8 Å². The van der Waals surface area contributed by atoms with E-state index in [0.717, 1.165) is 24.8 Å². The largest absolute Gasteiger partial charge is 0.481 e. The van der Waals surface area contributed by atoms with Crippen LogP contribution in [0.15, 0.2) is 24.5 Å². The summed E-state index contributed by atoms with van der Waals surface area (Å²) in [4.78, 5) is 26.9. The summed E-state index contributed by atoms with van der Waals surface area (Å²) in [6.07, 6.45) is 6.55. The van der Waals surface area contributed by atoms with Crippen molar-refractivity contribution in [2.75, 3.05) is 0 Å². The van der Waals surface area contributed by atoms with Crippen molar-refractivity contribution >= 4 is 12.0 Å². The number of hydrogen-bond donors (Lipinski definition) is 3. The van der Waals surface area contributed by atoms with Crippen LogP contribution in [0.1, 0.15) is 31.2 Å². The summed E-state index contributed by atoms with van der Waals surface area (Å²) in [6, 6.07) is 3.04. The summed E-state index contributed by atoms with van der Waals surface area (Å²) in [6.45, 7) is 0.402. The van der Waals surface area contributed by atoms with Crippen molar-refractivity contribution in [1.29, 1.82) is 0 Å². The van der Waals surface area contributed by atoms with E-state index in [1.807, 2.05) is 12.1 Å². The van der Waals surface area contributed by atoms with Crippen LogP contribution in [0.25, 0.3) is 0 Å². The van der Waals surface area contributed by atoms with E-state index in [9.17, 15) is 9.59 Å². The predicted molar refractivity (Wildman–Crippen MR) is 73.0 cm³/mol. The molecule has 6 nitrogen and oxygen atoms in total. The maximum atomic E-state index is 11.8. The molecule has 1 saturated carbocycles. The molecule has 1 heterocycles. The van der Waals surface area contributed by atoms with Gasteiger partial charge in [-0.3, -0.25) is 9.78 Å². The fraction of sp³-hybridized carbons (Fsp3) is 0.500. The van der Waals surface area contributed by atoms with E-state index in [1.54, 1.807) is 12.4 Å². The molecule has 1 aromatic heterocycles. The van der Waals surface area contributed by atoms with E-state index in [0.29, 0.717) is 13.0 Å². The molecule has 3 N–H and O–H groups in total. The minimum atomic E-state index is -0.830. The molecule has 108 valence electrons. The Bertz CT molecular complexity index is 464. The lowest BCUT2D eigenvalue weighted by molar-refractivity contribution is -0.143. The van der Waals surface area contributed by atoms with Crippen molar-refractivity contribution in [3.63, 3.8) is 0 Å². The summed E-state index contributed by atoms with van der Waals surface area (Å²) in [5.41, 5.74) is 0.952. The lowest BCUT2D eigenvalue weighted by atomic mass is 9.84. The molecule has 1 fully saturated rings. The number of carbonyl (C=O) groups excluding carboxylic acids is 1. The number of hydrogen-bond acceptors (Lipinski definition) is 3. The molecule has 1 aliphatic rings. The quantitative estimate of drug-likeness (QED) is 0.778. The van der Waals surface area contributed by atoms with E-state index in [4.69, 9.17) is 5.11 Å². The monoisotopic (exact) mass is 277 g/mol. The van der Waals surface area contributed by atoms with Gasteiger partial charge in [-0.05, 0) is 30.5 Å². The van der Waals surface area contributed by atoms with Crippen molar-refractivity contribution < 1.29 is 14.7 Å². The summed E-state index contributed by atoms with van der Waals surface area (Å²) in [7, 11) is 0. The van der Waals surface area contributed by atoms with E-state index in [2.05, 4.69) is 15.6 Å². The van der Waals surface area contributed by atoms with E-state index in [1.165, 1.54) is 0 Å². The molecule has 1 aromatic rings. The third kappa shape index (κ3) is 3.94. The Hall–Kier alpha value is -2.11. The van der Waals surface area contributed by atoms with Crippen LogP contribution in [0.2, 0.25) is 0 Å². The van der Waals surface area contributed by atoms with Gasteiger partial charge in [0.25, 0.3) is 0 Å². The van der Waals surface area contributed by atoms with Crippen LogP contribution in [-0.2, 0) is 11.3 Å². The third-order valence-corrected chi connectivity index (χ3v) is 3.60. The second-order valence-corrected chi connectivity index (χ2v) is 5.02. The molecule has 0 radical (unpaired) electrons. The number of rotatable bonds is 4. The average molecular weight is 277 g/mol. The van der Waals surface area contributed by atoms with Gasteiger partial charge in [0.2, 0.25) is 0 Å². The number of urea groups is 1. The predicted octanol–water partition coefficient (Wildman–Crippen LogP) is 1.52. The molecule has 2 rings (SSSR count). The molecular weight excluding hydrogens is 258 g/mol. The average Bonchev–Trinajstić information content (AvgIpc) is 2.46. The van der Waals surface area contributed by atoms with E-state index in [-0.39, 0.29) is 12.1 Å². The first kappa shape index (κ1) is 14.3. The molecule has 20 heavy (non-hydrogen) atoms. The van der Waals surface area contributed by atoms with Gasteiger partial charge in [-0.15, -0.1) is 0 Å². The summed E-state index contributed by atoms with van der Waals surface area (Å²) in [5.74, 6) is -1.31. The molecule has 2 unspecified atom stereocenters. The van der Waals surface area contributed by atoms with Crippen LogP contribution in [0.4, 0.5) is 4.79 Å². The lowest BCUT2D eigenvalue weighted by Gasteiger charge is -2.29.